The van der Waals surface area contributed by atoms with Crippen LogP contribution in [0.25, 0.3) is 33.2 Å². The number of carbonyl (C=O) groups is 1. The Morgan fingerprint density at radius 2 is 2.19 bits per heavy atom. The van der Waals surface area contributed by atoms with Crippen molar-refractivity contribution >= 4 is 33.7 Å². The number of carbonyl (C=O) groups excluding carboxylic acids is 1. The average Bonchev–Trinajstić information content (AvgIpc) is 3.29. The zero-order valence-corrected chi connectivity index (χ0v) is 14.6. The van der Waals surface area contributed by atoms with E-state index in [1.54, 1.807) is 24.3 Å². The zero-order chi connectivity index (χ0) is 18.3. The molecule has 8 nitrogen and oxygen atoms in total. The Morgan fingerprint density at radius 3 is 2.88 bits per heavy atom. The van der Waals surface area contributed by atoms with Gasteiger partial charge in [-0.1, -0.05) is 6.07 Å². The predicted octanol–water partition coefficient (Wildman–Crippen LogP) is 2.38. The molecule has 4 aromatic rings. The first-order chi connectivity index (χ1) is 12.6. The molecule has 0 saturated carbocycles. The summed E-state index contributed by atoms with van der Waals surface area (Å²) in [5, 5.41) is 7.88. The molecule has 132 valence electrons. The number of benzene rings is 1. The molecule has 3 aromatic heterocycles. The minimum atomic E-state index is 0.0159. The summed E-state index contributed by atoms with van der Waals surface area (Å²) in [5.41, 5.74) is 10.3. The minimum Gasteiger partial charge on any atom is -0.382 e. The molecule has 8 heteroatoms. The Kier molecular flexibility index (Phi) is 3.80. The van der Waals surface area contributed by atoms with E-state index in [0.717, 1.165) is 27.7 Å². The monoisotopic (exact) mass is 349 g/mol. The topological polar surface area (TPSA) is 106 Å². The number of nitrogen functional groups attached to an aromatic ring is 1. The molecule has 4 rings (SSSR count). The van der Waals surface area contributed by atoms with Gasteiger partial charge < -0.3 is 15.2 Å². The van der Waals surface area contributed by atoms with Gasteiger partial charge in [0.15, 0.2) is 5.82 Å². The Bertz CT molecular complexity index is 1100. The first-order valence-electron chi connectivity index (χ1n) is 8.37. The third kappa shape index (κ3) is 2.55. The van der Waals surface area contributed by atoms with E-state index in [-0.39, 0.29) is 5.91 Å². The van der Waals surface area contributed by atoms with Crippen LogP contribution in [0.1, 0.15) is 13.8 Å². The fraction of sp³-hybridized carbons (Fsp3) is 0.222. The van der Waals surface area contributed by atoms with Crippen molar-refractivity contribution in [3.05, 3.63) is 36.8 Å². The van der Waals surface area contributed by atoms with Crippen LogP contribution in [0.3, 0.4) is 0 Å². The van der Waals surface area contributed by atoms with Gasteiger partial charge in [-0.25, -0.2) is 9.97 Å². The lowest BCUT2D eigenvalue weighted by molar-refractivity contribution is -0.130. The van der Waals surface area contributed by atoms with Crippen LogP contribution in [-0.4, -0.2) is 42.1 Å². The van der Waals surface area contributed by atoms with Crippen LogP contribution in [0.15, 0.2) is 36.8 Å². The second kappa shape index (κ2) is 6.14. The fourth-order valence-electron chi connectivity index (χ4n) is 3.16. The van der Waals surface area contributed by atoms with E-state index >= 15 is 0 Å². The van der Waals surface area contributed by atoms with Crippen LogP contribution in [0.4, 0.5) is 5.82 Å². The van der Waals surface area contributed by atoms with Gasteiger partial charge in [0, 0.05) is 30.6 Å². The van der Waals surface area contributed by atoms with Gasteiger partial charge in [-0.05, 0) is 25.1 Å². The molecular formula is C18H19N7O. The van der Waals surface area contributed by atoms with Crippen LogP contribution < -0.4 is 5.73 Å². The summed E-state index contributed by atoms with van der Waals surface area (Å²) in [6, 6.07) is 7.88. The minimum absolute atomic E-state index is 0.0159. The lowest BCUT2D eigenvalue weighted by Crippen LogP contribution is -2.30. The molecule has 0 fully saturated rings. The summed E-state index contributed by atoms with van der Waals surface area (Å²) in [6.07, 6.45) is 3.41. The van der Waals surface area contributed by atoms with Gasteiger partial charge in [0.2, 0.25) is 5.91 Å². The molecule has 1 amide bonds. The molecule has 0 atom stereocenters. The molecule has 0 aliphatic rings. The highest BCUT2D eigenvalue weighted by Crippen LogP contribution is 2.30. The van der Waals surface area contributed by atoms with Crippen LogP contribution in [0.2, 0.25) is 0 Å². The lowest BCUT2D eigenvalue weighted by Gasteiger charge is -2.20. The van der Waals surface area contributed by atoms with E-state index in [1.165, 1.54) is 0 Å². The summed E-state index contributed by atoms with van der Waals surface area (Å²) in [5.74, 6) is 0.390. The standard InChI is InChI=1S/C18H19N7O/c1-3-24(11(2)26)10-25-9-20-16-17(25)13-5-4-12(14-6-7-21-23-14)8-15(13)22-18(16)19/h4-9H,3,10H2,1-2H3,(H2,19,22)(H,21,23). The SMILES string of the molecule is CCN(Cn1cnc2c(N)nc3cc(-c4ccn[nH]4)ccc3c21)C(C)=O. The van der Waals surface area contributed by atoms with Crippen molar-refractivity contribution < 1.29 is 4.79 Å². The Morgan fingerprint density at radius 1 is 1.35 bits per heavy atom. The number of nitrogens with one attached hydrogen (secondary N) is 1. The average molecular weight is 349 g/mol. The summed E-state index contributed by atoms with van der Waals surface area (Å²) < 4.78 is 1.94. The number of aromatic nitrogens is 5. The number of fused-ring (bicyclic) bond motifs is 3. The van der Waals surface area contributed by atoms with E-state index in [0.29, 0.717) is 24.5 Å². The molecule has 0 unspecified atom stereocenters. The Labute approximate surface area is 149 Å². The number of rotatable bonds is 4. The van der Waals surface area contributed by atoms with Gasteiger partial charge >= 0.3 is 0 Å². The number of amides is 1. The first kappa shape index (κ1) is 16.1. The number of nitrogens with zero attached hydrogens (tertiary/aromatic N) is 5. The third-order valence-corrected chi connectivity index (χ3v) is 4.54. The van der Waals surface area contributed by atoms with Gasteiger partial charge in [0.1, 0.15) is 5.52 Å². The predicted molar refractivity (Wildman–Crippen MR) is 100 cm³/mol. The van der Waals surface area contributed by atoms with Crippen molar-refractivity contribution in [2.45, 2.75) is 20.5 Å². The van der Waals surface area contributed by atoms with E-state index in [9.17, 15) is 4.79 Å². The lowest BCUT2D eigenvalue weighted by atomic mass is 10.1. The van der Waals surface area contributed by atoms with Gasteiger partial charge in [0.05, 0.1) is 29.7 Å². The molecule has 26 heavy (non-hydrogen) atoms. The number of nitrogens with two attached hydrogens (primary N) is 1. The molecule has 3 N–H and O–H groups in total. The van der Waals surface area contributed by atoms with E-state index in [2.05, 4.69) is 20.2 Å². The van der Waals surface area contributed by atoms with Crippen molar-refractivity contribution in [2.24, 2.45) is 0 Å². The summed E-state index contributed by atoms with van der Waals surface area (Å²) in [4.78, 5) is 22.4. The molecule has 0 spiro atoms. The summed E-state index contributed by atoms with van der Waals surface area (Å²) in [7, 11) is 0. The molecule has 0 radical (unpaired) electrons. The van der Waals surface area contributed by atoms with E-state index in [4.69, 9.17) is 5.73 Å². The summed E-state index contributed by atoms with van der Waals surface area (Å²) in [6.45, 7) is 4.55. The van der Waals surface area contributed by atoms with E-state index in [1.807, 2.05) is 35.8 Å². The van der Waals surface area contributed by atoms with Crippen molar-refractivity contribution in [3.63, 3.8) is 0 Å². The smallest absolute Gasteiger partial charge is 0.220 e. The van der Waals surface area contributed by atoms with Crippen molar-refractivity contribution in [1.82, 2.24) is 29.6 Å². The van der Waals surface area contributed by atoms with Crippen molar-refractivity contribution in [2.75, 3.05) is 12.3 Å². The van der Waals surface area contributed by atoms with Gasteiger partial charge in [-0.2, -0.15) is 5.10 Å². The zero-order valence-electron chi connectivity index (χ0n) is 14.6. The summed E-state index contributed by atoms with van der Waals surface area (Å²) >= 11 is 0. The van der Waals surface area contributed by atoms with Crippen molar-refractivity contribution in [1.29, 1.82) is 0 Å². The number of imidazole rings is 1. The highest BCUT2D eigenvalue weighted by atomic mass is 16.2. The van der Waals surface area contributed by atoms with E-state index < -0.39 is 0 Å². The Hall–Kier alpha value is -3.42. The molecule has 1 aromatic carbocycles. The molecule has 0 aliphatic carbocycles. The quantitative estimate of drug-likeness (QED) is 0.588. The number of pyridine rings is 1. The van der Waals surface area contributed by atoms with Crippen molar-refractivity contribution in [3.8, 4) is 11.3 Å². The second-order valence-corrected chi connectivity index (χ2v) is 6.13. The highest BCUT2D eigenvalue weighted by Gasteiger charge is 2.15. The second-order valence-electron chi connectivity index (χ2n) is 6.13. The van der Waals surface area contributed by atoms with Crippen LogP contribution >= 0.6 is 0 Å². The number of hydrogen-bond acceptors (Lipinski definition) is 5. The van der Waals surface area contributed by atoms with Gasteiger partial charge in [-0.15, -0.1) is 0 Å². The molecule has 0 bridgehead atoms. The van der Waals surface area contributed by atoms with Crippen LogP contribution in [0, 0.1) is 0 Å². The molecule has 3 heterocycles. The maximum atomic E-state index is 11.8. The Balaban J connectivity index is 1.90. The maximum absolute atomic E-state index is 11.8. The van der Waals surface area contributed by atoms with Crippen LogP contribution in [-0.2, 0) is 11.5 Å². The van der Waals surface area contributed by atoms with Gasteiger partial charge in [0.25, 0.3) is 0 Å². The maximum Gasteiger partial charge on any atom is 0.220 e. The normalized spacial score (nSPS) is 11.3. The highest BCUT2D eigenvalue weighted by molar-refractivity contribution is 6.07. The molecule has 0 aliphatic heterocycles. The molecular weight excluding hydrogens is 330 g/mol. The van der Waals surface area contributed by atoms with Crippen LogP contribution in [0.5, 0.6) is 0 Å². The fourth-order valence-corrected chi connectivity index (χ4v) is 3.16. The number of aromatic amines is 1. The number of anilines is 1. The van der Waals surface area contributed by atoms with Gasteiger partial charge in [-0.3, -0.25) is 9.89 Å². The largest absolute Gasteiger partial charge is 0.382 e. The molecule has 0 saturated heterocycles. The number of hydrogen-bond donors (Lipinski definition) is 2. The number of H-pyrrole nitrogens is 1. The first-order valence-corrected chi connectivity index (χ1v) is 8.37. The third-order valence-electron chi connectivity index (χ3n) is 4.54.